The van der Waals surface area contributed by atoms with Crippen molar-refractivity contribution in [2.75, 3.05) is 19.7 Å². The van der Waals surface area contributed by atoms with Crippen LogP contribution in [0, 0.1) is 0 Å². The van der Waals surface area contributed by atoms with Gasteiger partial charge in [0.05, 0.1) is 11.5 Å². The second-order valence-corrected chi connectivity index (χ2v) is 7.67. The van der Waals surface area contributed by atoms with Gasteiger partial charge in [-0.2, -0.15) is 9.29 Å². The van der Waals surface area contributed by atoms with Crippen LogP contribution < -0.4 is 0 Å². The molecule has 1 aliphatic heterocycles. The van der Waals surface area contributed by atoms with Crippen LogP contribution in [0.25, 0.3) is 11.4 Å². The van der Waals surface area contributed by atoms with Crippen LogP contribution in [-0.4, -0.2) is 47.5 Å². The van der Waals surface area contributed by atoms with E-state index in [0.717, 1.165) is 0 Å². The van der Waals surface area contributed by atoms with E-state index in [2.05, 4.69) is 15.1 Å². The molecule has 134 valence electrons. The van der Waals surface area contributed by atoms with Crippen LogP contribution in [0.4, 0.5) is 0 Å². The number of sulfonamides is 1. The first-order valence-electron chi connectivity index (χ1n) is 8.05. The maximum Gasteiger partial charge on any atom is 0.257 e. The van der Waals surface area contributed by atoms with Crippen molar-refractivity contribution in [3.05, 3.63) is 60.7 Å². The zero-order valence-corrected chi connectivity index (χ0v) is 14.5. The van der Waals surface area contributed by atoms with Gasteiger partial charge in [-0.3, -0.25) is 4.98 Å². The van der Waals surface area contributed by atoms with E-state index in [1.54, 1.807) is 48.8 Å². The summed E-state index contributed by atoms with van der Waals surface area (Å²) in [6.45, 7) is 0.643. The average Bonchev–Trinajstić information content (AvgIpc) is 3.20. The molecule has 0 N–H and O–H groups in total. The Bertz CT molecular complexity index is 976. The van der Waals surface area contributed by atoms with Gasteiger partial charge in [0.1, 0.15) is 0 Å². The average molecular weight is 372 g/mol. The molecule has 4 rings (SSSR count). The standard InChI is InChI=1S/C17H16N4O4S/c22-26(23,14-6-2-1-3-7-14)21-9-10-24-15(12-21)17-19-16(20-25-17)13-5-4-8-18-11-13/h1-8,11,15H,9-10,12H2/t15-/m0/s1. The Labute approximate surface area is 150 Å². The topological polar surface area (TPSA) is 98.4 Å². The molecule has 1 aromatic carbocycles. The summed E-state index contributed by atoms with van der Waals surface area (Å²) in [4.78, 5) is 8.60. The number of hydrogen-bond acceptors (Lipinski definition) is 7. The summed E-state index contributed by atoms with van der Waals surface area (Å²) in [6.07, 6.45) is 2.67. The maximum absolute atomic E-state index is 12.8. The lowest BCUT2D eigenvalue weighted by molar-refractivity contribution is -0.0199. The van der Waals surface area contributed by atoms with Crippen LogP contribution in [0.1, 0.15) is 12.0 Å². The number of ether oxygens (including phenoxy) is 1. The highest BCUT2D eigenvalue weighted by Gasteiger charge is 2.34. The number of pyridine rings is 1. The molecule has 8 nitrogen and oxygen atoms in total. The van der Waals surface area contributed by atoms with E-state index >= 15 is 0 Å². The maximum atomic E-state index is 12.8. The Morgan fingerprint density at radius 1 is 1.12 bits per heavy atom. The third-order valence-corrected chi connectivity index (χ3v) is 5.93. The van der Waals surface area contributed by atoms with Crippen LogP contribution in [-0.2, 0) is 14.8 Å². The summed E-state index contributed by atoms with van der Waals surface area (Å²) in [5.41, 5.74) is 0.715. The summed E-state index contributed by atoms with van der Waals surface area (Å²) < 4.78 is 37.9. The summed E-state index contributed by atoms with van der Waals surface area (Å²) >= 11 is 0. The van der Waals surface area contributed by atoms with Crippen LogP contribution in [0.5, 0.6) is 0 Å². The Balaban J connectivity index is 1.55. The third kappa shape index (κ3) is 3.24. The van der Waals surface area contributed by atoms with Crippen LogP contribution >= 0.6 is 0 Å². The van der Waals surface area contributed by atoms with Gasteiger partial charge in [-0.25, -0.2) is 8.42 Å². The molecule has 1 saturated heterocycles. The van der Waals surface area contributed by atoms with E-state index in [9.17, 15) is 8.42 Å². The highest BCUT2D eigenvalue weighted by Crippen LogP contribution is 2.27. The van der Waals surface area contributed by atoms with Crippen molar-refractivity contribution in [2.24, 2.45) is 0 Å². The molecule has 3 aromatic rings. The minimum absolute atomic E-state index is 0.117. The second kappa shape index (κ2) is 6.94. The van der Waals surface area contributed by atoms with E-state index < -0.39 is 16.1 Å². The number of morpholine rings is 1. The first-order valence-corrected chi connectivity index (χ1v) is 9.49. The molecule has 0 radical (unpaired) electrons. The van der Waals surface area contributed by atoms with Crippen molar-refractivity contribution in [1.29, 1.82) is 0 Å². The van der Waals surface area contributed by atoms with Crippen molar-refractivity contribution in [3.63, 3.8) is 0 Å². The zero-order chi connectivity index (χ0) is 18.0. The fraction of sp³-hybridized carbons (Fsp3) is 0.235. The van der Waals surface area contributed by atoms with Crippen LogP contribution in [0.3, 0.4) is 0 Å². The van der Waals surface area contributed by atoms with Crippen molar-refractivity contribution in [3.8, 4) is 11.4 Å². The van der Waals surface area contributed by atoms with Crippen molar-refractivity contribution < 1.29 is 17.7 Å². The first-order chi connectivity index (χ1) is 12.6. The largest absolute Gasteiger partial charge is 0.366 e. The molecular formula is C17H16N4O4S. The predicted octanol–water partition coefficient (Wildman–Crippen LogP) is 1.89. The molecule has 0 amide bonds. The predicted molar refractivity (Wildman–Crippen MR) is 91.4 cm³/mol. The summed E-state index contributed by atoms with van der Waals surface area (Å²) in [5, 5.41) is 3.93. The minimum Gasteiger partial charge on any atom is -0.366 e. The van der Waals surface area contributed by atoms with Gasteiger partial charge in [0.15, 0.2) is 6.10 Å². The van der Waals surface area contributed by atoms with E-state index in [1.807, 2.05) is 6.07 Å². The molecule has 0 spiro atoms. The Kier molecular flexibility index (Phi) is 4.49. The Hall–Kier alpha value is -2.62. The fourth-order valence-corrected chi connectivity index (χ4v) is 4.16. The van der Waals surface area contributed by atoms with Gasteiger partial charge >= 0.3 is 0 Å². The fourth-order valence-electron chi connectivity index (χ4n) is 2.71. The van der Waals surface area contributed by atoms with Crippen molar-refractivity contribution in [1.82, 2.24) is 19.4 Å². The summed E-state index contributed by atoms with van der Waals surface area (Å²) in [5.74, 6) is 0.636. The molecule has 0 aliphatic carbocycles. The minimum atomic E-state index is -3.59. The molecule has 0 saturated carbocycles. The highest BCUT2D eigenvalue weighted by atomic mass is 32.2. The third-order valence-electron chi connectivity index (χ3n) is 4.05. The first kappa shape index (κ1) is 16.8. The lowest BCUT2D eigenvalue weighted by atomic mass is 10.2. The molecule has 2 aromatic heterocycles. The summed E-state index contributed by atoms with van der Waals surface area (Å²) in [7, 11) is -3.59. The van der Waals surface area contributed by atoms with Crippen LogP contribution in [0.15, 0.2) is 64.3 Å². The van der Waals surface area contributed by atoms with Gasteiger partial charge in [0, 0.05) is 31.0 Å². The lowest BCUT2D eigenvalue weighted by Crippen LogP contribution is -2.42. The second-order valence-electron chi connectivity index (χ2n) is 5.73. The van der Waals surface area contributed by atoms with Gasteiger partial charge < -0.3 is 9.26 Å². The molecule has 26 heavy (non-hydrogen) atoms. The SMILES string of the molecule is O=S(=O)(c1ccccc1)N1CCO[C@H](c2nc(-c3cccnc3)no2)C1. The van der Waals surface area contributed by atoms with Crippen LogP contribution in [0.2, 0.25) is 0 Å². The Morgan fingerprint density at radius 2 is 1.96 bits per heavy atom. The number of hydrogen-bond donors (Lipinski definition) is 0. The quantitative estimate of drug-likeness (QED) is 0.690. The molecule has 0 unspecified atom stereocenters. The lowest BCUT2D eigenvalue weighted by Gasteiger charge is -2.30. The number of benzene rings is 1. The van der Waals surface area contributed by atoms with Gasteiger partial charge in [0.2, 0.25) is 15.8 Å². The number of aromatic nitrogens is 3. The molecular weight excluding hydrogens is 356 g/mol. The molecule has 1 fully saturated rings. The smallest absolute Gasteiger partial charge is 0.257 e. The molecule has 0 bridgehead atoms. The van der Waals surface area contributed by atoms with Crippen molar-refractivity contribution >= 4 is 10.0 Å². The molecule has 1 atom stereocenters. The number of nitrogens with zero attached hydrogens (tertiary/aromatic N) is 4. The van der Waals surface area contributed by atoms with Gasteiger partial charge in [0.25, 0.3) is 5.89 Å². The molecule has 9 heteroatoms. The number of rotatable bonds is 4. The van der Waals surface area contributed by atoms with Crippen molar-refractivity contribution in [2.45, 2.75) is 11.0 Å². The molecule has 3 heterocycles. The van der Waals surface area contributed by atoms with E-state index in [-0.39, 0.29) is 30.5 Å². The normalized spacial score (nSPS) is 18.7. The monoisotopic (exact) mass is 372 g/mol. The highest BCUT2D eigenvalue weighted by molar-refractivity contribution is 7.89. The van der Waals surface area contributed by atoms with Gasteiger partial charge in [-0.1, -0.05) is 23.4 Å². The van der Waals surface area contributed by atoms with E-state index in [4.69, 9.17) is 9.26 Å². The zero-order valence-electron chi connectivity index (χ0n) is 13.7. The van der Waals surface area contributed by atoms with Gasteiger partial charge in [-0.05, 0) is 24.3 Å². The van der Waals surface area contributed by atoms with Gasteiger partial charge in [-0.15, -0.1) is 0 Å². The summed E-state index contributed by atoms with van der Waals surface area (Å²) in [6, 6.07) is 11.9. The Morgan fingerprint density at radius 3 is 2.73 bits per heavy atom. The molecule has 1 aliphatic rings. The van der Waals surface area contributed by atoms with E-state index in [1.165, 1.54) is 4.31 Å². The van der Waals surface area contributed by atoms with E-state index in [0.29, 0.717) is 11.4 Å².